The molecule has 0 aliphatic rings. The molecule has 0 saturated carbocycles. The zero-order valence-corrected chi connectivity index (χ0v) is 11.3. The van der Waals surface area contributed by atoms with E-state index in [1.165, 1.54) is 18.2 Å². The minimum Gasteiger partial charge on any atom is -0.329 e. The minimum absolute atomic E-state index is 0.158. The predicted octanol–water partition coefficient (Wildman–Crippen LogP) is 0.882. The third-order valence-electron chi connectivity index (χ3n) is 2.73. The van der Waals surface area contributed by atoms with Gasteiger partial charge in [-0.1, -0.05) is 6.92 Å². The Morgan fingerprint density at radius 2 is 2.17 bits per heavy atom. The Morgan fingerprint density at radius 1 is 1.50 bits per heavy atom. The summed E-state index contributed by atoms with van der Waals surface area (Å²) >= 11 is 0. The summed E-state index contributed by atoms with van der Waals surface area (Å²) in [4.78, 5) is 0.158. The molecule has 18 heavy (non-hydrogen) atoms. The van der Waals surface area contributed by atoms with Crippen molar-refractivity contribution in [2.24, 2.45) is 5.73 Å². The number of hydrogen-bond donors (Lipinski definition) is 2. The average molecular weight is 267 g/mol. The number of nitrogens with one attached hydrogen (secondary N) is 1. The summed E-state index contributed by atoms with van der Waals surface area (Å²) in [6.45, 7) is 3.83. The number of nitrogens with two attached hydrogens (primary N) is 1. The van der Waals surface area contributed by atoms with Crippen LogP contribution in [0.15, 0.2) is 23.1 Å². The molecule has 0 spiro atoms. The van der Waals surface area contributed by atoms with Crippen LogP contribution in [0, 0.1) is 18.3 Å². The SMILES string of the molecule is CCC(CN)NS(=O)(=O)c1ccc(C#N)c(C)c1. The summed E-state index contributed by atoms with van der Waals surface area (Å²) in [5.74, 6) is 0. The molecule has 1 aromatic rings. The third kappa shape index (κ3) is 3.29. The number of nitrogens with zero attached hydrogens (tertiary/aromatic N) is 1. The van der Waals surface area contributed by atoms with E-state index in [1.807, 2.05) is 13.0 Å². The van der Waals surface area contributed by atoms with Crippen LogP contribution in [-0.2, 0) is 10.0 Å². The number of benzene rings is 1. The van der Waals surface area contributed by atoms with E-state index >= 15 is 0 Å². The first-order valence-electron chi connectivity index (χ1n) is 5.67. The molecule has 0 bridgehead atoms. The maximum absolute atomic E-state index is 12.1. The van der Waals surface area contributed by atoms with Gasteiger partial charge in [-0.05, 0) is 37.1 Å². The van der Waals surface area contributed by atoms with Crippen molar-refractivity contribution in [2.45, 2.75) is 31.2 Å². The molecule has 1 atom stereocenters. The first-order chi connectivity index (χ1) is 8.44. The second kappa shape index (κ2) is 5.96. The lowest BCUT2D eigenvalue weighted by atomic mass is 10.1. The lowest BCUT2D eigenvalue weighted by molar-refractivity contribution is 0.542. The van der Waals surface area contributed by atoms with Gasteiger partial charge in [-0.3, -0.25) is 0 Å². The Balaban J connectivity index is 3.06. The zero-order chi connectivity index (χ0) is 13.8. The lowest BCUT2D eigenvalue weighted by Gasteiger charge is -2.15. The third-order valence-corrected chi connectivity index (χ3v) is 4.25. The molecule has 0 aliphatic heterocycles. The van der Waals surface area contributed by atoms with Crippen LogP contribution < -0.4 is 10.5 Å². The fourth-order valence-corrected chi connectivity index (χ4v) is 2.93. The quantitative estimate of drug-likeness (QED) is 0.827. The maximum atomic E-state index is 12.1. The summed E-state index contributed by atoms with van der Waals surface area (Å²) in [6, 6.07) is 6.15. The molecule has 0 aromatic heterocycles. The number of nitriles is 1. The summed E-state index contributed by atoms with van der Waals surface area (Å²) in [5.41, 5.74) is 6.59. The molecular weight excluding hydrogens is 250 g/mol. The topological polar surface area (TPSA) is 96.0 Å². The summed E-state index contributed by atoms with van der Waals surface area (Å²) in [5, 5.41) is 8.80. The highest BCUT2D eigenvalue weighted by Crippen LogP contribution is 2.15. The number of rotatable bonds is 5. The Labute approximate surface area is 108 Å². The lowest BCUT2D eigenvalue weighted by Crippen LogP contribution is -2.39. The van der Waals surface area contributed by atoms with Crippen LogP contribution in [0.25, 0.3) is 0 Å². The van der Waals surface area contributed by atoms with E-state index in [-0.39, 0.29) is 17.5 Å². The van der Waals surface area contributed by atoms with Crippen LogP contribution in [0.2, 0.25) is 0 Å². The second-order valence-corrected chi connectivity index (χ2v) is 5.76. The van der Waals surface area contributed by atoms with Crippen molar-refractivity contribution >= 4 is 10.0 Å². The highest BCUT2D eigenvalue weighted by Gasteiger charge is 2.18. The molecule has 0 saturated heterocycles. The van der Waals surface area contributed by atoms with Gasteiger partial charge < -0.3 is 5.73 Å². The molecular formula is C12H17N3O2S. The summed E-state index contributed by atoms with van der Waals surface area (Å²) in [6.07, 6.45) is 0.630. The maximum Gasteiger partial charge on any atom is 0.240 e. The van der Waals surface area contributed by atoms with E-state index in [2.05, 4.69) is 4.72 Å². The van der Waals surface area contributed by atoms with Crippen molar-refractivity contribution < 1.29 is 8.42 Å². The number of sulfonamides is 1. The minimum atomic E-state index is -3.57. The first-order valence-corrected chi connectivity index (χ1v) is 7.16. The molecule has 0 radical (unpaired) electrons. The molecule has 0 fully saturated rings. The molecule has 1 rings (SSSR count). The van der Waals surface area contributed by atoms with E-state index in [0.717, 1.165) is 0 Å². The van der Waals surface area contributed by atoms with Crippen LogP contribution in [0.4, 0.5) is 0 Å². The van der Waals surface area contributed by atoms with Gasteiger partial charge in [0.2, 0.25) is 10.0 Å². The van der Waals surface area contributed by atoms with Crippen molar-refractivity contribution in [3.8, 4) is 6.07 Å². The average Bonchev–Trinajstić information content (AvgIpc) is 2.35. The van der Waals surface area contributed by atoms with Gasteiger partial charge in [-0.15, -0.1) is 0 Å². The van der Waals surface area contributed by atoms with Crippen LogP contribution in [-0.4, -0.2) is 21.0 Å². The monoisotopic (exact) mass is 267 g/mol. The Kier molecular flexibility index (Phi) is 4.84. The first kappa shape index (κ1) is 14.6. The smallest absolute Gasteiger partial charge is 0.240 e. The van der Waals surface area contributed by atoms with Crippen LogP contribution in [0.5, 0.6) is 0 Å². The summed E-state index contributed by atoms with van der Waals surface area (Å²) in [7, 11) is -3.57. The Morgan fingerprint density at radius 3 is 2.61 bits per heavy atom. The van der Waals surface area contributed by atoms with Gasteiger partial charge in [-0.2, -0.15) is 5.26 Å². The highest BCUT2D eigenvalue weighted by atomic mass is 32.2. The van der Waals surface area contributed by atoms with Gasteiger partial charge in [0.25, 0.3) is 0 Å². The van der Waals surface area contributed by atoms with Gasteiger partial charge in [0.15, 0.2) is 0 Å². The molecule has 1 aromatic carbocycles. The molecule has 6 heteroatoms. The van der Waals surface area contributed by atoms with Crippen LogP contribution in [0.1, 0.15) is 24.5 Å². The van der Waals surface area contributed by atoms with Crippen molar-refractivity contribution in [1.82, 2.24) is 4.72 Å². The molecule has 1 unspecified atom stereocenters. The van der Waals surface area contributed by atoms with Crippen LogP contribution >= 0.6 is 0 Å². The zero-order valence-electron chi connectivity index (χ0n) is 10.5. The van der Waals surface area contributed by atoms with E-state index in [9.17, 15) is 8.42 Å². The van der Waals surface area contributed by atoms with Gasteiger partial charge in [-0.25, -0.2) is 13.1 Å². The largest absolute Gasteiger partial charge is 0.329 e. The van der Waals surface area contributed by atoms with Gasteiger partial charge in [0, 0.05) is 12.6 Å². The van der Waals surface area contributed by atoms with Gasteiger partial charge in [0.05, 0.1) is 16.5 Å². The van der Waals surface area contributed by atoms with E-state index in [4.69, 9.17) is 11.0 Å². The number of hydrogen-bond acceptors (Lipinski definition) is 4. The molecule has 0 heterocycles. The van der Waals surface area contributed by atoms with Gasteiger partial charge >= 0.3 is 0 Å². The summed E-state index contributed by atoms with van der Waals surface area (Å²) < 4.78 is 26.7. The molecule has 3 N–H and O–H groups in total. The standard InChI is InChI=1S/C12H17N3O2S/c1-3-11(8-14)15-18(16,17)12-5-4-10(7-13)9(2)6-12/h4-6,11,15H,3,8,14H2,1-2H3. The van der Waals surface area contributed by atoms with Crippen molar-refractivity contribution in [2.75, 3.05) is 6.54 Å². The van der Waals surface area contributed by atoms with Crippen LogP contribution in [0.3, 0.4) is 0 Å². The Bertz CT molecular complexity index is 557. The van der Waals surface area contributed by atoms with Crippen molar-refractivity contribution in [1.29, 1.82) is 5.26 Å². The fourth-order valence-electron chi connectivity index (χ4n) is 1.51. The normalized spacial score (nSPS) is 13.0. The fraction of sp³-hybridized carbons (Fsp3) is 0.417. The molecule has 0 aliphatic carbocycles. The van der Waals surface area contributed by atoms with E-state index in [0.29, 0.717) is 17.5 Å². The van der Waals surface area contributed by atoms with Gasteiger partial charge in [0.1, 0.15) is 0 Å². The molecule has 0 amide bonds. The van der Waals surface area contributed by atoms with E-state index in [1.54, 1.807) is 6.92 Å². The van der Waals surface area contributed by atoms with E-state index < -0.39 is 10.0 Å². The second-order valence-electron chi connectivity index (χ2n) is 4.05. The predicted molar refractivity (Wildman–Crippen MR) is 69.3 cm³/mol. The highest BCUT2D eigenvalue weighted by molar-refractivity contribution is 7.89. The van der Waals surface area contributed by atoms with Crippen molar-refractivity contribution in [3.05, 3.63) is 29.3 Å². The molecule has 5 nitrogen and oxygen atoms in total. The molecule has 98 valence electrons. The Hall–Kier alpha value is -1.42. The van der Waals surface area contributed by atoms with Crippen molar-refractivity contribution in [3.63, 3.8) is 0 Å². The number of aryl methyl sites for hydroxylation is 1.